The lowest BCUT2D eigenvalue weighted by atomic mass is 9.75. The van der Waals surface area contributed by atoms with Gasteiger partial charge in [-0.15, -0.1) is 0 Å². The van der Waals surface area contributed by atoms with E-state index in [2.05, 4.69) is 45.0 Å². The van der Waals surface area contributed by atoms with E-state index in [9.17, 15) is 0 Å². The van der Waals surface area contributed by atoms with Crippen LogP contribution in [-0.4, -0.2) is 50.3 Å². The Balaban J connectivity index is 2.89. The molecule has 0 heterocycles. The number of hydrogen-bond donors (Lipinski definition) is 1. The lowest BCUT2D eigenvalue weighted by Gasteiger charge is -2.48. The van der Waals surface area contributed by atoms with Gasteiger partial charge < -0.3 is 10.1 Å². The van der Waals surface area contributed by atoms with Crippen molar-refractivity contribution in [3.05, 3.63) is 0 Å². The molecule has 0 amide bonds. The van der Waals surface area contributed by atoms with Crippen molar-refractivity contribution in [2.75, 3.05) is 27.3 Å². The second kappa shape index (κ2) is 9.01. The van der Waals surface area contributed by atoms with Crippen molar-refractivity contribution in [3.63, 3.8) is 0 Å². The molecule has 0 spiro atoms. The molecule has 120 valence electrons. The number of nitrogens with zero attached hydrogens (tertiary/aromatic N) is 1. The average Bonchev–Trinajstić information content (AvgIpc) is 2.43. The summed E-state index contributed by atoms with van der Waals surface area (Å²) in [7, 11) is 3.94. The van der Waals surface area contributed by atoms with Crippen LogP contribution in [0.3, 0.4) is 0 Å². The van der Waals surface area contributed by atoms with E-state index in [4.69, 9.17) is 4.74 Å². The van der Waals surface area contributed by atoms with Gasteiger partial charge in [-0.1, -0.05) is 27.7 Å². The molecule has 0 bridgehead atoms. The van der Waals surface area contributed by atoms with Gasteiger partial charge in [0.15, 0.2) is 0 Å². The van der Waals surface area contributed by atoms with Gasteiger partial charge >= 0.3 is 0 Å². The van der Waals surface area contributed by atoms with Gasteiger partial charge in [-0.2, -0.15) is 0 Å². The highest BCUT2D eigenvalue weighted by molar-refractivity contribution is 4.95. The fourth-order valence-corrected chi connectivity index (χ4v) is 4.22. The van der Waals surface area contributed by atoms with E-state index in [1.54, 1.807) is 0 Å². The van der Waals surface area contributed by atoms with Crippen molar-refractivity contribution >= 4 is 0 Å². The second-order valence-electron chi connectivity index (χ2n) is 6.64. The summed E-state index contributed by atoms with van der Waals surface area (Å²) in [5, 5.41) is 3.59. The predicted octanol–water partition coefficient (Wildman–Crippen LogP) is 3.15. The molecule has 0 aliphatic heterocycles. The van der Waals surface area contributed by atoms with Crippen LogP contribution in [0.2, 0.25) is 0 Å². The summed E-state index contributed by atoms with van der Waals surface area (Å²) >= 11 is 0. The number of rotatable bonds is 8. The zero-order chi connectivity index (χ0) is 15.1. The van der Waals surface area contributed by atoms with Crippen LogP contribution in [0.4, 0.5) is 0 Å². The minimum absolute atomic E-state index is 0.617. The Morgan fingerprint density at radius 3 is 2.35 bits per heavy atom. The summed E-state index contributed by atoms with van der Waals surface area (Å²) < 4.78 is 5.37. The average molecular weight is 284 g/mol. The molecule has 20 heavy (non-hydrogen) atoms. The molecule has 0 aromatic heterocycles. The maximum Gasteiger partial charge on any atom is 0.0589 e. The van der Waals surface area contributed by atoms with Gasteiger partial charge in [0, 0.05) is 31.8 Å². The van der Waals surface area contributed by atoms with Crippen molar-refractivity contribution in [2.45, 2.75) is 71.5 Å². The maximum absolute atomic E-state index is 5.37. The summed E-state index contributed by atoms with van der Waals surface area (Å²) in [4.78, 5) is 2.74. The number of nitrogens with one attached hydrogen (secondary N) is 1. The van der Waals surface area contributed by atoms with Gasteiger partial charge in [-0.3, -0.25) is 4.90 Å². The summed E-state index contributed by atoms with van der Waals surface area (Å²) in [5.41, 5.74) is 0. The van der Waals surface area contributed by atoms with Crippen molar-refractivity contribution in [2.24, 2.45) is 11.8 Å². The molecule has 1 fully saturated rings. The first-order valence-electron chi connectivity index (χ1n) is 8.50. The summed E-state index contributed by atoms with van der Waals surface area (Å²) in [6.07, 6.45) is 5.12. The predicted molar refractivity (Wildman–Crippen MR) is 87.1 cm³/mol. The van der Waals surface area contributed by atoms with E-state index in [0.717, 1.165) is 25.0 Å². The third-order valence-electron chi connectivity index (χ3n) is 5.14. The Bertz CT molecular complexity index is 255. The molecule has 0 radical (unpaired) electrons. The molecular weight excluding hydrogens is 248 g/mol. The lowest BCUT2D eigenvalue weighted by Crippen LogP contribution is -2.59. The largest absolute Gasteiger partial charge is 0.383 e. The number of hydrogen-bond acceptors (Lipinski definition) is 3. The summed E-state index contributed by atoms with van der Waals surface area (Å²) in [5.74, 6) is 1.60. The van der Waals surface area contributed by atoms with Crippen LogP contribution in [-0.2, 0) is 4.74 Å². The first kappa shape index (κ1) is 17.9. The molecule has 3 nitrogen and oxygen atoms in total. The number of methoxy groups -OCH3 is 1. The van der Waals surface area contributed by atoms with E-state index >= 15 is 0 Å². The first-order valence-corrected chi connectivity index (χ1v) is 8.50. The van der Waals surface area contributed by atoms with Crippen molar-refractivity contribution in [1.82, 2.24) is 10.2 Å². The molecule has 1 rings (SSSR count). The Labute approximate surface area is 126 Å². The highest BCUT2D eigenvalue weighted by Gasteiger charge is 2.38. The zero-order valence-corrected chi connectivity index (χ0v) is 14.5. The van der Waals surface area contributed by atoms with Crippen LogP contribution in [0.25, 0.3) is 0 Å². The second-order valence-corrected chi connectivity index (χ2v) is 6.64. The van der Waals surface area contributed by atoms with Gasteiger partial charge in [-0.25, -0.2) is 0 Å². The molecule has 3 heteroatoms. The highest BCUT2D eigenvalue weighted by Crippen LogP contribution is 2.34. The van der Waals surface area contributed by atoms with E-state index in [-0.39, 0.29) is 0 Å². The fraction of sp³-hybridized carbons (Fsp3) is 1.00. The van der Waals surface area contributed by atoms with Crippen LogP contribution >= 0.6 is 0 Å². The topological polar surface area (TPSA) is 24.5 Å². The van der Waals surface area contributed by atoms with Crippen molar-refractivity contribution in [3.8, 4) is 0 Å². The molecule has 1 N–H and O–H groups in total. The normalized spacial score (nSPS) is 31.2. The number of ether oxygens (including phenoxy) is 1. The Morgan fingerprint density at radius 1 is 1.20 bits per heavy atom. The molecule has 1 aliphatic rings. The molecule has 4 unspecified atom stereocenters. The van der Waals surface area contributed by atoms with Crippen molar-refractivity contribution < 1.29 is 4.74 Å². The van der Waals surface area contributed by atoms with E-state index < -0.39 is 0 Å². The van der Waals surface area contributed by atoms with E-state index in [1.165, 1.54) is 25.7 Å². The van der Waals surface area contributed by atoms with E-state index in [1.807, 2.05) is 7.11 Å². The van der Waals surface area contributed by atoms with Crippen LogP contribution in [0.1, 0.15) is 53.4 Å². The van der Waals surface area contributed by atoms with Crippen LogP contribution in [0.15, 0.2) is 0 Å². The quantitative estimate of drug-likeness (QED) is 0.741. The Morgan fingerprint density at radius 2 is 1.85 bits per heavy atom. The van der Waals surface area contributed by atoms with E-state index in [0.29, 0.717) is 18.1 Å². The van der Waals surface area contributed by atoms with Crippen LogP contribution in [0, 0.1) is 11.8 Å². The standard InChI is InChI=1S/C17H36N2O/c1-7-15(8-2)19(9-10-20-6)17-14(4)11-13(3)12-16(17)18-5/h13-18H,7-12H2,1-6H3. The monoisotopic (exact) mass is 284 g/mol. The minimum Gasteiger partial charge on any atom is -0.383 e. The van der Waals surface area contributed by atoms with Crippen LogP contribution < -0.4 is 5.32 Å². The maximum atomic E-state index is 5.37. The molecule has 0 aromatic carbocycles. The van der Waals surface area contributed by atoms with Gasteiger partial charge in [0.2, 0.25) is 0 Å². The SMILES string of the molecule is CCC(CC)N(CCOC)C1C(C)CC(C)CC1NC. The molecule has 1 saturated carbocycles. The zero-order valence-electron chi connectivity index (χ0n) is 14.5. The molecule has 4 atom stereocenters. The van der Waals surface area contributed by atoms with Gasteiger partial charge in [0.25, 0.3) is 0 Å². The fourth-order valence-electron chi connectivity index (χ4n) is 4.22. The highest BCUT2D eigenvalue weighted by atomic mass is 16.5. The third-order valence-corrected chi connectivity index (χ3v) is 5.14. The number of likely N-dealkylation sites (N-methyl/N-ethyl adjacent to an activating group) is 1. The van der Waals surface area contributed by atoms with Crippen LogP contribution in [0.5, 0.6) is 0 Å². The van der Waals surface area contributed by atoms with Gasteiger partial charge in [-0.05, 0) is 44.6 Å². The molecule has 0 saturated heterocycles. The smallest absolute Gasteiger partial charge is 0.0589 e. The Kier molecular flexibility index (Phi) is 8.08. The van der Waals surface area contributed by atoms with Gasteiger partial charge in [0.1, 0.15) is 0 Å². The van der Waals surface area contributed by atoms with Crippen molar-refractivity contribution in [1.29, 1.82) is 0 Å². The third kappa shape index (κ3) is 4.44. The molecule has 0 aromatic rings. The lowest BCUT2D eigenvalue weighted by molar-refractivity contribution is 0.0119. The molecular formula is C17H36N2O. The summed E-state index contributed by atoms with van der Waals surface area (Å²) in [6.45, 7) is 11.4. The minimum atomic E-state index is 0.617. The molecule has 1 aliphatic carbocycles. The first-order chi connectivity index (χ1) is 9.58. The van der Waals surface area contributed by atoms with Gasteiger partial charge in [0.05, 0.1) is 6.61 Å². The Hall–Kier alpha value is -0.120. The summed E-state index contributed by atoms with van der Waals surface area (Å²) in [6, 6.07) is 1.95.